The highest BCUT2D eigenvalue weighted by molar-refractivity contribution is 6.13. The third-order valence-electron chi connectivity index (χ3n) is 6.51. The lowest BCUT2D eigenvalue weighted by molar-refractivity contribution is 1.07. The van der Waals surface area contributed by atoms with Crippen LogP contribution >= 0.6 is 0 Å². The molecular formula is C33H29N. The summed E-state index contributed by atoms with van der Waals surface area (Å²) >= 11 is 0. The van der Waals surface area contributed by atoms with E-state index in [9.17, 15) is 0 Å². The average molecular weight is 440 g/mol. The van der Waals surface area contributed by atoms with Crippen LogP contribution in [0.25, 0.3) is 56.5 Å². The Labute approximate surface area is 201 Å². The van der Waals surface area contributed by atoms with Gasteiger partial charge in [-0.2, -0.15) is 0 Å². The molecule has 34 heavy (non-hydrogen) atoms. The summed E-state index contributed by atoms with van der Waals surface area (Å²) in [5.74, 6) is 0. The van der Waals surface area contributed by atoms with Crippen molar-refractivity contribution in [3.8, 4) is 22.3 Å². The number of allylic oxidation sites excluding steroid dienone is 2. The zero-order valence-electron chi connectivity index (χ0n) is 19.6. The van der Waals surface area contributed by atoms with Crippen molar-refractivity contribution in [2.45, 2.75) is 19.9 Å². The number of hydrogen-bond acceptors (Lipinski definition) is 1. The molecule has 1 heteroatoms. The molecule has 0 unspecified atom stereocenters. The topological polar surface area (TPSA) is 26.0 Å². The molecule has 0 saturated heterocycles. The minimum absolute atomic E-state index is 0.529. The van der Waals surface area contributed by atoms with Crippen LogP contribution < -0.4 is 16.2 Å². The van der Waals surface area contributed by atoms with Gasteiger partial charge < -0.3 is 5.73 Å². The van der Waals surface area contributed by atoms with Crippen LogP contribution in [-0.2, 0) is 6.54 Å². The van der Waals surface area contributed by atoms with Gasteiger partial charge in [-0.1, -0.05) is 111 Å². The van der Waals surface area contributed by atoms with Crippen molar-refractivity contribution < 1.29 is 0 Å². The number of fused-ring (bicyclic) bond motifs is 3. The van der Waals surface area contributed by atoms with Gasteiger partial charge in [0.1, 0.15) is 0 Å². The van der Waals surface area contributed by atoms with Gasteiger partial charge in [0.2, 0.25) is 0 Å². The molecule has 0 radical (unpaired) electrons. The van der Waals surface area contributed by atoms with E-state index in [1.165, 1.54) is 49.0 Å². The van der Waals surface area contributed by atoms with Crippen LogP contribution in [0.15, 0.2) is 103 Å². The maximum Gasteiger partial charge on any atom is 0.0178 e. The monoisotopic (exact) mass is 439 g/mol. The summed E-state index contributed by atoms with van der Waals surface area (Å²) in [4.78, 5) is 0. The molecular weight excluding hydrogens is 410 g/mol. The summed E-state index contributed by atoms with van der Waals surface area (Å²) in [6.45, 7) is 7.25. The van der Waals surface area contributed by atoms with E-state index in [2.05, 4.69) is 123 Å². The van der Waals surface area contributed by atoms with Crippen molar-refractivity contribution in [2.75, 3.05) is 0 Å². The van der Waals surface area contributed by atoms with E-state index in [-0.39, 0.29) is 0 Å². The maximum atomic E-state index is 5.97. The van der Waals surface area contributed by atoms with Crippen molar-refractivity contribution >= 4 is 34.2 Å². The lowest BCUT2D eigenvalue weighted by Gasteiger charge is -2.14. The Morgan fingerprint density at radius 3 is 2.32 bits per heavy atom. The van der Waals surface area contributed by atoms with E-state index in [0.29, 0.717) is 6.54 Å². The normalized spacial score (nSPS) is 12.2. The number of hydrogen-bond donors (Lipinski definition) is 1. The van der Waals surface area contributed by atoms with Crippen molar-refractivity contribution in [3.63, 3.8) is 0 Å². The largest absolute Gasteiger partial charge is 0.326 e. The average Bonchev–Trinajstić information content (AvgIpc) is 2.90. The first-order valence-corrected chi connectivity index (χ1v) is 11.9. The van der Waals surface area contributed by atoms with E-state index in [1.54, 1.807) is 0 Å². The highest BCUT2D eigenvalue weighted by Gasteiger charge is 2.12. The molecule has 2 N–H and O–H groups in total. The highest BCUT2D eigenvalue weighted by Crippen LogP contribution is 2.32. The molecule has 0 bridgehead atoms. The SMILES string of the molecule is C=c1/c(=C\C=C/CC)c2c(-c3cccc(CN)c3)cccc2c2cc(-c3ccccc3)ccc12. The second-order valence-electron chi connectivity index (χ2n) is 8.65. The minimum atomic E-state index is 0.529. The molecule has 5 aromatic carbocycles. The lowest BCUT2D eigenvalue weighted by Crippen LogP contribution is -2.25. The predicted molar refractivity (Wildman–Crippen MR) is 149 cm³/mol. The Morgan fingerprint density at radius 2 is 1.53 bits per heavy atom. The molecule has 166 valence electrons. The number of rotatable bonds is 5. The summed E-state index contributed by atoms with van der Waals surface area (Å²) < 4.78 is 0. The number of nitrogens with two attached hydrogens (primary N) is 1. The van der Waals surface area contributed by atoms with Crippen LogP contribution in [0.1, 0.15) is 18.9 Å². The Kier molecular flexibility index (Phi) is 6.12. The highest BCUT2D eigenvalue weighted by atomic mass is 14.5. The smallest absolute Gasteiger partial charge is 0.0178 e. The fourth-order valence-corrected chi connectivity index (χ4v) is 4.79. The standard InChI is InChI=1S/C33H29N/c1-3-4-6-15-29-23(2)28-19-18-26(25-12-7-5-8-13-25)21-32(28)31-17-10-16-30(33(29)31)27-14-9-11-24(20-27)22-34/h4-21H,2-3,22,34H2,1H3/b6-4-,29-15+. The van der Waals surface area contributed by atoms with Gasteiger partial charge in [-0.25, -0.2) is 0 Å². The Morgan fingerprint density at radius 1 is 0.735 bits per heavy atom. The summed E-state index contributed by atoms with van der Waals surface area (Å²) in [6, 6.07) is 32.5. The van der Waals surface area contributed by atoms with Crippen LogP contribution in [0.2, 0.25) is 0 Å². The number of benzene rings is 5. The third kappa shape index (κ3) is 3.96. The van der Waals surface area contributed by atoms with Crippen LogP contribution in [0.5, 0.6) is 0 Å². The summed E-state index contributed by atoms with van der Waals surface area (Å²) in [5, 5.41) is 7.14. The van der Waals surface area contributed by atoms with Crippen LogP contribution in [0, 0.1) is 0 Å². The first kappa shape index (κ1) is 21.9. The van der Waals surface area contributed by atoms with Gasteiger partial charge in [0.05, 0.1) is 0 Å². The molecule has 0 aliphatic heterocycles. The van der Waals surface area contributed by atoms with E-state index >= 15 is 0 Å². The fourth-order valence-electron chi connectivity index (χ4n) is 4.79. The Hall–Kier alpha value is -3.94. The summed E-state index contributed by atoms with van der Waals surface area (Å²) in [6.07, 6.45) is 7.56. The van der Waals surface area contributed by atoms with E-state index in [0.717, 1.165) is 17.2 Å². The molecule has 0 aromatic heterocycles. The zero-order valence-corrected chi connectivity index (χ0v) is 19.6. The van der Waals surface area contributed by atoms with Crippen molar-refractivity contribution in [1.82, 2.24) is 0 Å². The second kappa shape index (κ2) is 9.51. The molecule has 0 saturated carbocycles. The molecule has 5 rings (SSSR count). The molecule has 1 nitrogen and oxygen atoms in total. The molecule has 5 aromatic rings. The minimum Gasteiger partial charge on any atom is -0.326 e. The van der Waals surface area contributed by atoms with Crippen LogP contribution in [-0.4, -0.2) is 0 Å². The van der Waals surface area contributed by atoms with Gasteiger partial charge in [-0.3, -0.25) is 0 Å². The van der Waals surface area contributed by atoms with Crippen molar-refractivity contribution in [1.29, 1.82) is 0 Å². The first-order chi connectivity index (χ1) is 16.7. The third-order valence-corrected chi connectivity index (χ3v) is 6.51. The second-order valence-corrected chi connectivity index (χ2v) is 8.65. The van der Waals surface area contributed by atoms with E-state index in [4.69, 9.17) is 5.73 Å². The van der Waals surface area contributed by atoms with Gasteiger partial charge in [0, 0.05) is 6.54 Å². The fraction of sp³-hybridized carbons (Fsp3) is 0.0909. The summed E-state index contributed by atoms with van der Waals surface area (Å²) in [5.41, 5.74) is 11.9. The molecule has 0 atom stereocenters. The zero-order chi connectivity index (χ0) is 23.5. The molecule has 0 heterocycles. The van der Waals surface area contributed by atoms with Gasteiger partial charge in [-0.05, 0) is 78.4 Å². The van der Waals surface area contributed by atoms with E-state index < -0.39 is 0 Å². The molecule has 0 spiro atoms. The van der Waals surface area contributed by atoms with Crippen molar-refractivity contribution in [2.24, 2.45) is 5.73 Å². The molecule has 0 amide bonds. The molecule has 0 aliphatic rings. The van der Waals surface area contributed by atoms with Gasteiger partial charge in [0.15, 0.2) is 0 Å². The van der Waals surface area contributed by atoms with Gasteiger partial charge in [-0.15, -0.1) is 0 Å². The molecule has 0 fully saturated rings. The Bertz CT molecular complexity index is 1630. The van der Waals surface area contributed by atoms with Crippen LogP contribution in [0.4, 0.5) is 0 Å². The first-order valence-electron chi connectivity index (χ1n) is 11.9. The molecule has 0 aliphatic carbocycles. The predicted octanol–water partition coefficient (Wildman–Crippen LogP) is 6.94. The maximum absolute atomic E-state index is 5.97. The van der Waals surface area contributed by atoms with Crippen LogP contribution in [0.3, 0.4) is 0 Å². The summed E-state index contributed by atoms with van der Waals surface area (Å²) in [7, 11) is 0. The van der Waals surface area contributed by atoms with Gasteiger partial charge >= 0.3 is 0 Å². The Balaban J connectivity index is 1.92. The van der Waals surface area contributed by atoms with Crippen molar-refractivity contribution in [3.05, 3.63) is 119 Å². The lowest BCUT2D eigenvalue weighted by atomic mass is 9.90. The van der Waals surface area contributed by atoms with E-state index in [1.807, 2.05) is 0 Å². The van der Waals surface area contributed by atoms with Gasteiger partial charge in [0.25, 0.3) is 0 Å². The quantitative estimate of drug-likeness (QED) is 0.295.